The number of nitrogens with zero attached hydrogens (tertiary/aromatic N) is 2. The van der Waals surface area contributed by atoms with Crippen LogP contribution in [0.2, 0.25) is 0 Å². The fourth-order valence-electron chi connectivity index (χ4n) is 2.89. The third-order valence-corrected chi connectivity index (χ3v) is 4.37. The van der Waals surface area contributed by atoms with Crippen molar-refractivity contribution in [3.05, 3.63) is 88.7 Å². The van der Waals surface area contributed by atoms with Crippen LogP contribution in [-0.4, -0.2) is 16.7 Å². The van der Waals surface area contributed by atoms with E-state index in [4.69, 9.17) is 10.00 Å². The number of nitriles is 1. The van der Waals surface area contributed by atoms with Gasteiger partial charge in [-0.3, -0.25) is 4.98 Å². The molecule has 0 spiro atoms. The number of aryl methyl sites for hydroxylation is 1. The molecule has 1 N–H and O–H groups in total. The lowest BCUT2D eigenvalue weighted by atomic mass is 9.99. The number of phenols is 1. The summed E-state index contributed by atoms with van der Waals surface area (Å²) in [6.45, 7) is 0.408. The number of aromatic hydroxyl groups is 1. The number of halogens is 3. The van der Waals surface area contributed by atoms with E-state index in [1.807, 2.05) is 0 Å². The number of alkyl halides is 3. The van der Waals surface area contributed by atoms with Crippen LogP contribution >= 0.6 is 0 Å². The summed E-state index contributed by atoms with van der Waals surface area (Å²) in [5.41, 5.74) is 0.477. The average Bonchev–Trinajstić information content (AvgIpc) is 2.76. The van der Waals surface area contributed by atoms with Gasteiger partial charge in [-0.2, -0.15) is 18.4 Å². The molecule has 3 rings (SSSR count). The van der Waals surface area contributed by atoms with Gasteiger partial charge in [-0.1, -0.05) is 11.8 Å². The fraction of sp³-hybridized carbons (Fsp3) is 0.167. The Bertz CT molecular complexity index is 1160. The number of pyridine rings is 1. The third kappa shape index (κ3) is 6.01. The summed E-state index contributed by atoms with van der Waals surface area (Å²) in [5.74, 6) is 5.49. The van der Waals surface area contributed by atoms with Crippen molar-refractivity contribution in [1.82, 2.24) is 4.98 Å². The van der Waals surface area contributed by atoms with Gasteiger partial charge in [-0.15, -0.1) is 0 Å². The molecule has 0 saturated heterocycles. The second-order valence-corrected chi connectivity index (χ2v) is 6.60. The number of aromatic nitrogens is 1. The van der Waals surface area contributed by atoms with Crippen LogP contribution in [0.4, 0.5) is 13.2 Å². The van der Waals surface area contributed by atoms with Crippen LogP contribution in [0, 0.1) is 23.2 Å². The third-order valence-electron chi connectivity index (χ3n) is 4.37. The molecule has 31 heavy (non-hydrogen) atoms. The van der Waals surface area contributed by atoms with E-state index in [9.17, 15) is 18.3 Å². The van der Waals surface area contributed by atoms with Crippen molar-refractivity contribution >= 4 is 0 Å². The molecule has 0 aliphatic rings. The normalized spacial score (nSPS) is 10.6. The minimum Gasteiger partial charge on any atom is -0.508 e. The zero-order chi connectivity index (χ0) is 22.3. The van der Waals surface area contributed by atoms with Crippen LogP contribution < -0.4 is 4.74 Å². The molecule has 0 radical (unpaired) electrons. The molecular weight excluding hydrogens is 405 g/mol. The Balaban J connectivity index is 1.81. The molecule has 0 aliphatic carbocycles. The molecular formula is C24H17F3N2O2. The van der Waals surface area contributed by atoms with Gasteiger partial charge in [0.15, 0.2) is 0 Å². The van der Waals surface area contributed by atoms with Crippen LogP contribution in [0.25, 0.3) is 0 Å². The van der Waals surface area contributed by atoms with Gasteiger partial charge >= 0.3 is 6.18 Å². The summed E-state index contributed by atoms with van der Waals surface area (Å²) in [5, 5.41) is 18.6. The SMILES string of the molecule is N#Cc1ccc(C#Cc2ccc(O)cc2C(F)(F)F)c(CCCOc2cccnc2)c1. The Morgan fingerprint density at radius 2 is 1.81 bits per heavy atom. The maximum absolute atomic E-state index is 13.2. The highest BCUT2D eigenvalue weighted by atomic mass is 19.4. The number of phenolic OH excluding ortho intramolecular Hbond substituents is 1. The monoisotopic (exact) mass is 422 g/mol. The van der Waals surface area contributed by atoms with Crippen molar-refractivity contribution in [2.75, 3.05) is 6.61 Å². The van der Waals surface area contributed by atoms with Gasteiger partial charge in [-0.25, -0.2) is 0 Å². The first-order valence-electron chi connectivity index (χ1n) is 9.35. The highest BCUT2D eigenvalue weighted by Gasteiger charge is 2.33. The van der Waals surface area contributed by atoms with E-state index >= 15 is 0 Å². The highest BCUT2D eigenvalue weighted by Crippen LogP contribution is 2.33. The summed E-state index contributed by atoms with van der Waals surface area (Å²) in [7, 11) is 0. The van der Waals surface area contributed by atoms with Gasteiger partial charge in [0.2, 0.25) is 0 Å². The fourth-order valence-corrected chi connectivity index (χ4v) is 2.89. The molecule has 1 aromatic heterocycles. The van der Waals surface area contributed by atoms with Crippen LogP contribution in [0.15, 0.2) is 60.9 Å². The van der Waals surface area contributed by atoms with Crippen LogP contribution in [-0.2, 0) is 12.6 Å². The molecule has 0 unspecified atom stereocenters. The summed E-state index contributed by atoms with van der Waals surface area (Å²) in [6, 6.07) is 13.4. The van der Waals surface area contributed by atoms with Crippen molar-refractivity contribution in [2.24, 2.45) is 0 Å². The summed E-state index contributed by atoms with van der Waals surface area (Å²) in [4.78, 5) is 3.97. The van der Waals surface area contributed by atoms with Gasteiger partial charge < -0.3 is 9.84 Å². The lowest BCUT2D eigenvalue weighted by molar-refractivity contribution is -0.137. The van der Waals surface area contributed by atoms with E-state index in [2.05, 4.69) is 22.9 Å². The average molecular weight is 422 g/mol. The van der Waals surface area contributed by atoms with Crippen LogP contribution in [0.5, 0.6) is 11.5 Å². The molecule has 0 atom stereocenters. The van der Waals surface area contributed by atoms with Gasteiger partial charge in [0, 0.05) is 17.3 Å². The predicted molar refractivity (Wildman–Crippen MR) is 108 cm³/mol. The predicted octanol–water partition coefficient (Wildman–Crippen LogP) is 5.09. The molecule has 0 fully saturated rings. The minimum atomic E-state index is -4.64. The van der Waals surface area contributed by atoms with Crippen molar-refractivity contribution in [3.63, 3.8) is 0 Å². The Labute approximate surface area is 177 Å². The Kier molecular flexibility index (Phi) is 6.79. The van der Waals surface area contributed by atoms with E-state index in [1.165, 1.54) is 0 Å². The number of hydrogen-bond donors (Lipinski definition) is 1. The van der Waals surface area contributed by atoms with Crippen molar-refractivity contribution in [2.45, 2.75) is 19.0 Å². The number of benzene rings is 2. The molecule has 0 amide bonds. The summed E-state index contributed by atoms with van der Waals surface area (Å²) >= 11 is 0. The minimum absolute atomic E-state index is 0.236. The van der Waals surface area contributed by atoms with Crippen LogP contribution in [0.1, 0.15) is 34.2 Å². The number of hydrogen-bond acceptors (Lipinski definition) is 4. The topological polar surface area (TPSA) is 66.1 Å². The standard InChI is InChI=1S/C24H17F3N2O2/c25-24(26,27)23-14-21(30)10-9-19(23)8-7-18-6-5-17(15-28)13-20(18)3-2-12-31-22-4-1-11-29-16-22/h1,4-6,9-11,13-14,16,30H,2-3,12H2. The first-order chi connectivity index (χ1) is 14.9. The Morgan fingerprint density at radius 1 is 1.03 bits per heavy atom. The van der Waals surface area contributed by atoms with E-state index in [0.29, 0.717) is 42.4 Å². The van der Waals surface area contributed by atoms with E-state index in [-0.39, 0.29) is 5.56 Å². The summed E-state index contributed by atoms with van der Waals surface area (Å²) in [6.07, 6.45) is -0.251. The zero-order valence-corrected chi connectivity index (χ0v) is 16.3. The quantitative estimate of drug-likeness (QED) is 0.460. The van der Waals surface area contributed by atoms with Gasteiger partial charge in [0.1, 0.15) is 11.5 Å². The van der Waals surface area contributed by atoms with E-state index in [1.54, 1.807) is 42.7 Å². The molecule has 0 bridgehead atoms. The number of ether oxygens (including phenoxy) is 1. The Hall–Kier alpha value is -3.97. The van der Waals surface area contributed by atoms with Crippen LogP contribution in [0.3, 0.4) is 0 Å². The van der Waals surface area contributed by atoms with E-state index in [0.717, 1.165) is 17.7 Å². The zero-order valence-electron chi connectivity index (χ0n) is 16.3. The lowest BCUT2D eigenvalue weighted by Crippen LogP contribution is -2.07. The highest BCUT2D eigenvalue weighted by molar-refractivity contribution is 5.53. The largest absolute Gasteiger partial charge is 0.508 e. The molecule has 3 aromatic rings. The van der Waals surface area contributed by atoms with Crippen molar-refractivity contribution < 1.29 is 23.0 Å². The smallest absolute Gasteiger partial charge is 0.417 e. The summed E-state index contributed by atoms with van der Waals surface area (Å²) < 4.78 is 45.3. The van der Waals surface area contributed by atoms with Crippen molar-refractivity contribution in [1.29, 1.82) is 5.26 Å². The maximum Gasteiger partial charge on any atom is 0.417 e. The van der Waals surface area contributed by atoms with Gasteiger partial charge in [0.25, 0.3) is 0 Å². The molecule has 0 saturated carbocycles. The second kappa shape index (κ2) is 9.69. The van der Waals surface area contributed by atoms with Gasteiger partial charge in [0.05, 0.1) is 30.0 Å². The second-order valence-electron chi connectivity index (χ2n) is 6.60. The maximum atomic E-state index is 13.2. The molecule has 7 heteroatoms. The first kappa shape index (κ1) is 21.7. The number of rotatable bonds is 5. The van der Waals surface area contributed by atoms with Gasteiger partial charge in [-0.05, 0) is 66.9 Å². The lowest BCUT2D eigenvalue weighted by Gasteiger charge is -2.10. The molecule has 1 heterocycles. The Morgan fingerprint density at radius 3 is 2.52 bits per heavy atom. The molecule has 156 valence electrons. The molecule has 4 nitrogen and oxygen atoms in total. The van der Waals surface area contributed by atoms with Crippen molar-refractivity contribution in [3.8, 4) is 29.4 Å². The molecule has 0 aliphatic heterocycles. The molecule has 2 aromatic carbocycles. The first-order valence-corrected chi connectivity index (χ1v) is 9.35. The van der Waals surface area contributed by atoms with E-state index < -0.39 is 17.5 Å².